The van der Waals surface area contributed by atoms with Crippen LogP contribution in [0.2, 0.25) is 0 Å². The second-order valence-electron chi connectivity index (χ2n) is 4.67. The van der Waals surface area contributed by atoms with E-state index in [2.05, 4.69) is 52.9 Å². The summed E-state index contributed by atoms with van der Waals surface area (Å²) in [6, 6.07) is 12.6. The molecule has 0 aliphatic heterocycles. The van der Waals surface area contributed by atoms with Gasteiger partial charge in [0.05, 0.1) is 17.8 Å². The number of aromatic nitrogens is 2. The first kappa shape index (κ1) is 13.8. The summed E-state index contributed by atoms with van der Waals surface area (Å²) in [5, 5.41) is 4.46. The number of hydrogen-bond donors (Lipinski definition) is 0. The van der Waals surface area contributed by atoms with Gasteiger partial charge in [0.25, 0.3) is 5.52 Å². The molecule has 4 aromatic rings. The fraction of sp³-hybridized carbons (Fsp3) is 0.176. The molecule has 0 saturated carbocycles. The summed E-state index contributed by atoms with van der Waals surface area (Å²) in [5.74, 6) is 0.967. The van der Waals surface area contributed by atoms with Crippen LogP contribution in [0.25, 0.3) is 21.9 Å². The zero-order valence-corrected chi connectivity index (χ0v) is 12.9. The van der Waals surface area contributed by atoms with E-state index in [0.29, 0.717) is 0 Å². The molecule has 4 heteroatoms. The average molecular weight is 297 g/mol. The highest BCUT2D eigenvalue weighted by atomic mass is 32.1. The molecule has 0 fully saturated rings. The highest BCUT2D eigenvalue weighted by Gasteiger charge is 2.19. The molecule has 2 heterocycles. The Kier molecular flexibility index (Phi) is 3.97. The largest absolute Gasteiger partial charge is 0.402 e. The summed E-state index contributed by atoms with van der Waals surface area (Å²) in [6.07, 6.45) is 1.77. The Morgan fingerprint density at radius 1 is 1.19 bits per heavy atom. The monoisotopic (exact) mass is 297 g/mol. The van der Waals surface area contributed by atoms with E-state index < -0.39 is 0 Å². The van der Waals surface area contributed by atoms with Crippen molar-refractivity contribution in [3.63, 3.8) is 0 Å². The lowest BCUT2D eigenvalue weighted by molar-refractivity contribution is -0.678. The highest BCUT2D eigenvalue weighted by Crippen LogP contribution is 2.24. The molecule has 21 heavy (non-hydrogen) atoms. The SMILES string of the molecule is CC[n+]1c(C)oc2ccc3ccccc3c21.c1cscn1. The van der Waals surface area contributed by atoms with Gasteiger partial charge in [0.2, 0.25) is 5.58 Å². The minimum absolute atomic E-state index is 0.937. The fourth-order valence-electron chi connectivity index (χ4n) is 2.52. The van der Waals surface area contributed by atoms with Crippen molar-refractivity contribution in [2.45, 2.75) is 20.4 Å². The van der Waals surface area contributed by atoms with Crippen molar-refractivity contribution in [2.75, 3.05) is 0 Å². The predicted octanol–water partition coefficient (Wildman–Crippen LogP) is 4.34. The van der Waals surface area contributed by atoms with E-state index in [1.165, 1.54) is 16.3 Å². The zero-order valence-electron chi connectivity index (χ0n) is 12.1. The number of aryl methyl sites for hydroxylation is 2. The summed E-state index contributed by atoms with van der Waals surface area (Å²) in [6.45, 7) is 5.09. The van der Waals surface area contributed by atoms with Crippen LogP contribution in [0.4, 0.5) is 0 Å². The van der Waals surface area contributed by atoms with Crippen LogP contribution < -0.4 is 4.57 Å². The van der Waals surface area contributed by atoms with Crippen molar-refractivity contribution in [1.29, 1.82) is 0 Å². The van der Waals surface area contributed by atoms with Gasteiger partial charge in [0, 0.05) is 11.6 Å². The van der Waals surface area contributed by atoms with Crippen molar-refractivity contribution in [2.24, 2.45) is 0 Å². The topological polar surface area (TPSA) is 29.9 Å². The molecule has 0 unspecified atom stereocenters. The van der Waals surface area contributed by atoms with Crippen molar-refractivity contribution < 1.29 is 8.98 Å². The molecule has 0 bridgehead atoms. The van der Waals surface area contributed by atoms with Gasteiger partial charge < -0.3 is 4.42 Å². The van der Waals surface area contributed by atoms with Gasteiger partial charge in [-0.05, 0) is 24.4 Å². The maximum atomic E-state index is 5.76. The number of benzene rings is 2. The van der Waals surface area contributed by atoms with E-state index >= 15 is 0 Å². The van der Waals surface area contributed by atoms with E-state index in [0.717, 1.165) is 18.0 Å². The van der Waals surface area contributed by atoms with Crippen LogP contribution >= 0.6 is 11.3 Å². The summed E-state index contributed by atoms with van der Waals surface area (Å²) < 4.78 is 7.98. The third-order valence-corrected chi connectivity index (χ3v) is 3.96. The summed E-state index contributed by atoms with van der Waals surface area (Å²) in [5.41, 5.74) is 3.97. The van der Waals surface area contributed by atoms with Crippen LogP contribution in [-0.4, -0.2) is 4.98 Å². The Hall–Kier alpha value is -2.20. The lowest BCUT2D eigenvalue weighted by atomic mass is 10.1. The number of fused-ring (bicyclic) bond motifs is 3. The van der Waals surface area contributed by atoms with Gasteiger partial charge >= 0.3 is 5.89 Å². The van der Waals surface area contributed by atoms with Gasteiger partial charge in [-0.1, -0.05) is 24.3 Å². The maximum absolute atomic E-state index is 5.76. The molecule has 4 rings (SSSR count). The van der Waals surface area contributed by atoms with Crippen molar-refractivity contribution in [3.05, 3.63) is 59.4 Å². The highest BCUT2D eigenvalue weighted by molar-refractivity contribution is 7.07. The van der Waals surface area contributed by atoms with Gasteiger partial charge in [-0.25, -0.2) is 0 Å². The normalized spacial score (nSPS) is 10.6. The van der Waals surface area contributed by atoms with E-state index in [1.807, 2.05) is 12.3 Å². The quantitative estimate of drug-likeness (QED) is 0.489. The molecule has 106 valence electrons. The molecule has 2 aromatic heterocycles. The molecule has 0 spiro atoms. The molecule has 0 N–H and O–H groups in total. The van der Waals surface area contributed by atoms with Crippen LogP contribution in [-0.2, 0) is 6.54 Å². The first-order chi connectivity index (χ1) is 10.3. The average Bonchev–Trinajstić information content (AvgIpc) is 3.17. The van der Waals surface area contributed by atoms with Gasteiger partial charge in [-0.2, -0.15) is 4.57 Å². The Balaban J connectivity index is 0.000000225. The molecule has 0 aliphatic carbocycles. The third-order valence-electron chi connectivity index (χ3n) is 3.43. The summed E-state index contributed by atoms with van der Waals surface area (Å²) in [4.78, 5) is 3.74. The Labute approximate surface area is 127 Å². The van der Waals surface area contributed by atoms with Gasteiger partial charge in [-0.15, -0.1) is 11.3 Å². The minimum Gasteiger partial charge on any atom is -0.402 e. The van der Waals surface area contributed by atoms with Gasteiger partial charge in [0.1, 0.15) is 6.54 Å². The molecule has 0 atom stereocenters. The minimum atomic E-state index is 0.937. The number of rotatable bonds is 1. The molecule has 2 aromatic carbocycles. The maximum Gasteiger partial charge on any atom is 0.344 e. The zero-order chi connectivity index (χ0) is 14.7. The standard InChI is InChI=1S/C14H14NO.C3H3NS/c1-3-15-10(2)16-13-9-8-11-6-4-5-7-12(11)14(13)15;1-2-5-3-4-1/h4-9H,3H2,1-2H3;1-3H/q+1;. The smallest absolute Gasteiger partial charge is 0.344 e. The van der Waals surface area contributed by atoms with E-state index in [-0.39, 0.29) is 0 Å². The first-order valence-electron chi connectivity index (χ1n) is 6.94. The van der Waals surface area contributed by atoms with Crippen molar-refractivity contribution in [3.8, 4) is 0 Å². The number of thiazole rings is 1. The van der Waals surface area contributed by atoms with Crippen LogP contribution in [0, 0.1) is 6.92 Å². The third kappa shape index (κ3) is 2.67. The first-order valence-corrected chi connectivity index (χ1v) is 7.88. The van der Waals surface area contributed by atoms with Crippen LogP contribution in [0.1, 0.15) is 12.8 Å². The Bertz CT molecular complexity index is 833. The van der Waals surface area contributed by atoms with Crippen molar-refractivity contribution >= 4 is 33.2 Å². The molecule has 0 saturated heterocycles. The molecule has 0 radical (unpaired) electrons. The van der Waals surface area contributed by atoms with Crippen LogP contribution in [0.5, 0.6) is 0 Å². The van der Waals surface area contributed by atoms with Gasteiger partial charge in [-0.3, -0.25) is 4.98 Å². The lowest BCUT2D eigenvalue weighted by Gasteiger charge is -1.95. The molecule has 0 aliphatic rings. The second kappa shape index (κ2) is 6.06. The summed E-state index contributed by atoms with van der Waals surface area (Å²) >= 11 is 1.60. The lowest BCUT2D eigenvalue weighted by Crippen LogP contribution is -2.33. The predicted molar refractivity (Wildman–Crippen MR) is 86.4 cm³/mol. The number of nitrogens with zero attached hydrogens (tertiary/aromatic N) is 2. The number of oxazole rings is 1. The summed E-state index contributed by atoms with van der Waals surface area (Å²) in [7, 11) is 0. The fourth-order valence-corrected chi connectivity index (χ4v) is 2.88. The van der Waals surface area contributed by atoms with Crippen LogP contribution in [0.15, 0.2) is 57.9 Å². The Morgan fingerprint density at radius 3 is 2.71 bits per heavy atom. The van der Waals surface area contributed by atoms with E-state index in [9.17, 15) is 0 Å². The van der Waals surface area contributed by atoms with E-state index in [4.69, 9.17) is 4.42 Å². The van der Waals surface area contributed by atoms with E-state index in [1.54, 1.807) is 23.0 Å². The molecular formula is C17H17N2OS+. The molecule has 3 nitrogen and oxygen atoms in total. The second-order valence-corrected chi connectivity index (χ2v) is 5.43. The molecular weight excluding hydrogens is 280 g/mol. The Morgan fingerprint density at radius 2 is 2.05 bits per heavy atom. The molecule has 0 amide bonds. The van der Waals surface area contributed by atoms with Crippen molar-refractivity contribution in [1.82, 2.24) is 4.98 Å². The number of hydrogen-bond acceptors (Lipinski definition) is 3. The van der Waals surface area contributed by atoms with Gasteiger partial charge in [0.15, 0.2) is 0 Å². The van der Waals surface area contributed by atoms with Crippen LogP contribution in [0.3, 0.4) is 0 Å².